The molecule has 16 heavy (non-hydrogen) atoms. The van der Waals surface area contributed by atoms with Gasteiger partial charge in [0, 0.05) is 0 Å². The second-order valence-electron chi connectivity index (χ2n) is 3.21. The number of amides is 2. The highest BCUT2D eigenvalue weighted by molar-refractivity contribution is 5.74. The molecule has 1 atom stereocenters. The van der Waals surface area contributed by atoms with E-state index in [1.165, 1.54) is 24.3 Å². The van der Waals surface area contributed by atoms with E-state index in [4.69, 9.17) is 10.8 Å². The summed E-state index contributed by atoms with van der Waals surface area (Å²) in [5.41, 5.74) is 5.41. The number of aliphatic carboxylic acids is 1. The average molecular weight is 226 g/mol. The Hall–Kier alpha value is -2.11. The summed E-state index contributed by atoms with van der Waals surface area (Å²) in [7, 11) is 0. The van der Waals surface area contributed by atoms with Crippen molar-refractivity contribution in [2.24, 2.45) is 5.73 Å². The van der Waals surface area contributed by atoms with Crippen molar-refractivity contribution < 1.29 is 19.1 Å². The second kappa shape index (κ2) is 5.11. The fourth-order valence-electron chi connectivity index (χ4n) is 1.29. The first-order valence-electron chi connectivity index (χ1n) is 4.52. The maximum Gasteiger partial charge on any atom is 0.312 e. The highest BCUT2D eigenvalue weighted by Crippen LogP contribution is 2.17. The molecule has 0 aliphatic carbocycles. The maximum absolute atomic E-state index is 12.6. The summed E-state index contributed by atoms with van der Waals surface area (Å²) in [6, 6.07) is 3.60. The Morgan fingerprint density at radius 3 is 2.38 bits per heavy atom. The zero-order chi connectivity index (χ0) is 12.1. The maximum atomic E-state index is 12.6. The lowest BCUT2D eigenvalue weighted by atomic mass is 10.0. The molecule has 0 unspecified atom stereocenters. The lowest BCUT2D eigenvalue weighted by Gasteiger charge is -2.15. The fourth-order valence-corrected chi connectivity index (χ4v) is 1.29. The first-order valence-corrected chi connectivity index (χ1v) is 4.52. The minimum Gasteiger partial charge on any atom is -0.481 e. The molecule has 0 radical (unpaired) electrons. The number of urea groups is 1. The van der Waals surface area contributed by atoms with Crippen LogP contribution < -0.4 is 11.1 Å². The van der Waals surface area contributed by atoms with Crippen LogP contribution in [0, 0.1) is 5.82 Å². The summed E-state index contributed by atoms with van der Waals surface area (Å²) in [4.78, 5) is 21.2. The van der Waals surface area contributed by atoms with E-state index in [9.17, 15) is 14.0 Å². The van der Waals surface area contributed by atoms with Gasteiger partial charge in [-0.25, -0.2) is 9.18 Å². The topological polar surface area (TPSA) is 92.4 Å². The molecular weight excluding hydrogens is 215 g/mol. The third-order valence-electron chi connectivity index (χ3n) is 1.97. The van der Waals surface area contributed by atoms with Crippen LogP contribution in [0.1, 0.15) is 18.0 Å². The van der Waals surface area contributed by atoms with E-state index < -0.39 is 23.9 Å². The molecule has 86 valence electrons. The van der Waals surface area contributed by atoms with E-state index in [0.717, 1.165) is 0 Å². The predicted octanol–water partition coefficient (Wildman–Crippen LogP) is 1.01. The highest BCUT2D eigenvalue weighted by Gasteiger charge is 2.16. The Morgan fingerprint density at radius 1 is 1.38 bits per heavy atom. The van der Waals surface area contributed by atoms with Crippen LogP contribution in [0.25, 0.3) is 0 Å². The van der Waals surface area contributed by atoms with E-state index in [-0.39, 0.29) is 6.42 Å². The van der Waals surface area contributed by atoms with Gasteiger partial charge in [0.05, 0.1) is 12.5 Å². The third kappa shape index (κ3) is 3.56. The second-order valence-corrected chi connectivity index (χ2v) is 3.21. The number of carboxylic acid groups (broad SMARTS) is 1. The molecule has 1 aromatic rings. The number of nitrogens with one attached hydrogen (secondary N) is 1. The fraction of sp³-hybridized carbons (Fsp3) is 0.200. The van der Waals surface area contributed by atoms with Crippen LogP contribution in [-0.2, 0) is 4.79 Å². The minimum absolute atomic E-state index is 0.311. The summed E-state index contributed by atoms with van der Waals surface area (Å²) in [5.74, 6) is -1.51. The van der Waals surface area contributed by atoms with Crippen LogP contribution in [0.5, 0.6) is 0 Å². The molecule has 0 aliphatic rings. The monoisotopic (exact) mass is 226 g/mol. The van der Waals surface area contributed by atoms with Gasteiger partial charge in [0.15, 0.2) is 0 Å². The quantitative estimate of drug-likeness (QED) is 0.715. The smallest absolute Gasteiger partial charge is 0.312 e. The predicted molar refractivity (Wildman–Crippen MR) is 54.1 cm³/mol. The van der Waals surface area contributed by atoms with Gasteiger partial charge >= 0.3 is 12.0 Å². The first kappa shape index (κ1) is 12.0. The third-order valence-corrected chi connectivity index (χ3v) is 1.97. The Kier molecular flexibility index (Phi) is 3.82. The number of benzene rings is 1. The molecule has 0 saturated carbocycles. The molecule has 2 amide bonds. The molecule has 0 aromatic heterocycles. The number of rotatable bonds is 4. The van der Waals surface area contributed by atoms with Crippen molar-refractivity contribution in [2.45, 2.75) is 12.5 Å². The van der Waals surface area contributed by atoms with Crippen molar-refractivity contribution >= 4 is 12.0 Å². The molecule has 0 heterocycles. The van der Waals surface area contributed by atoms with Crippen molar-refractivity contribution in [1.82, 2.24) is 5.32 Å². The molecule has 1 rings (SSSR count). The molecule has 1 aromatic carbocycles. The Morgan fingerprint density at radius 2 is 1.94 bits per heavy atom. The van der Waals surface area contributed by atoms with Gasteiger partial charge in [-0.1, -0.05) is 12.1 Å². The summed E-state index contributed by atoms with van der Waals surface area (Å²) >= 11 is 0. The van der Waals surface area contributed by atoms with Crippen LogP contribution in [0.3, 0.4) is 0 Å². The number of hydrogen-bond donors (Lipinski definition) is 3. The number of carbonyl (C=O) groups excluding carboxylic acids is 1. The first-order chi connectivity index (χ1) is 7.49. The van der Waals surface area contributed by atoms with Gasteiger partial charge in [-0.15, -0.1) is 0 Å². The van der Waals surface area contributed by atoms with Gasteiger partial charge in [0.2, 0.25) is 0 Å². The molecule has 0 bridgehead atoms. The van der Waals surface area contributed by atoms with Gasteiger partial charge in [-0.2, -0.15) is 0 Å². The van der Waals surface area contributed by atoms with E-state index in [0.29, 0.717) is 5.56 Å². The van der Waals surface area contributed by atoms with Gasteiger partial charge in [-0.3, -0.25) is 4.79 Å². The van der Waals surface area contributed by atoms with Crippen molar-refractivity contribution in [1.29, 1.82) is 0 Å². The highest BCUT2D eigenvalue weighted by atomic mass is 19.1. The molecule has 0 saturated heterocycles. The summed E-state index contributed by atoms with van der Waals surface area (Å²) in [6.45, 7) is 0. The van der Waals surface area contributed by atoms with Crippen LogP contribution in [0.4, 0.5) is 9.18 Å². The zero-order valence-electron chi connectivity index (χ0n) is 8.31. The van der Waals surface area contributed by atoms with E-state index in [2.05, 4.69) is 5.32 Å². The van der Waals surface area contributed by atoms with Gasteiger partial charge in [0.25, 0.3) is 0 Å². The zero-order valence-corrected chi connectivity index (χ0v) is 8.31. The number of nitrogens with two attached hydrogens (primary N) is 1. The van der Waals surface area contributed by atoms with E-state index >= 15 is 0 Å². The largest absolute Gasteiger partial charge is 0.481 e. The molecule has 0 aliphatic heterocycles. The van der Waals surface area contributed by atoms with Gasteiger partial charge < -0.3 is 16.2 Å². The number of carboxylic acids is 1. The van der Waals surface area contributed by atoms with Crippen molar-refractivity contribution in [3.63, 3.8) is 0 Å². The molecule has 0 fully saturated rings. The van der Waals surface area contributed by atoms with E-state index in [1.807, 2.05) is 0 Å². The van der Waals surface area contributed by atoms with Gasteiger partial charge in [-0.05, 0) is 17.7 Å². The normalized spacial score (nSPS) is 11.8. The average Bonchev–Trinajstić information content (AvgIpc) is 2.16. The summed E-state index contributed by atoms with van der Waals surface area (Å²) in [6.07, 6.45) is -0.311. The molecule has 4 N–H and O–H groups in total. The van der Waals surface area contributed by atoms with Crippen LogP contribution in [-0.4, -0.2) is 17.1 Å². The number of primary amides is 1. The summed E-state index contributed by atoms with van der Waals surface area (Å²) < 4.78 is 12.6. The SMILES string of the molecule is NC(=O)N[C@H](CC(=O)O)c1ccc(F)cc1. The van der Waals surface area contributed by atoms with Crippen molar-refractivity contribution in [2.75, 3.05) is 0 Å². The van der Waals surface area contributed by atoms with Crippen molar-refractivity contribution in [3.05, 3.63) is 35.6 Å². The minimum atomic E-state index is -1.08. The Balaban J connectivity index is 2.86. The molecule has 0 spiro atoms. The molecule has 5 nitrogen and oxygen atoms in total. The Bertz CT molecular complexity index is 376. The number of carbonyl (C=O) groups is 2. The van der Waals surface area contributed by atoms with Crippen LogP contribution in [0.15, 0.2) is 24.3 Å². The Labute approximate surface area is 91.1 Å². The van der Waals surface area contributed by atoms with Crippen LogP contribution in [0.2, 0.25) is 0 Å². The van der Waals surface area contributed by atoms with Crippen LogP contribution >= 0.6 is 0 Å². The summed E-state index contributed by atoms with van der Waals surface area (Å²) in [5, 5.41) is 10.9. The van der Waals surface area contributed by atoms with Gasteiger partial charge in [0.1, 0.15) is 5.82 Å². The van der Waals surface area contributed by atoms with Crippen molar-refractivity contribution in [3.8, 4) is 0 Å². The molecular formula is C10H11FN2O3. The molecule has 6 heteroatoms. The number of hydrogen-bond acceptors (Lipinski definition) is 2. The number of halogens is 1. The lowest BCUT2D eigenvalue weighted by Crippen LogP contribution is -2.34. The standard InChI is InChI=1S/C10H11FN2O3/c11-7-3-1-6(2-4-7)8(5-9(14)15)13-10(12)16/h1-4,8H,5H2,(H,14,15)(H3,12,13,16)/t8-/m1/s1. The lowest BCUT2D eigenvalue weighted by molar-refractivity contribution is -0.137. The van der Waals surface area contributed by atoms with E-state index in [1.54, 1.807) is 0 Å².